The van der Waals surface area contributed by atoms with E-state index in [1.54, 1.807) is 16.0 Å². The Morgan fingerprint density at radius 3 is 2.39 bits per heavy atom. The number of carbonyl (C=O) groups is 1. The molecule has 2 aromatic rings. The predicted molar refractivity (Wildman–Crippen MR) is 126 cm³/mol. The van der Waals surface area contributed by atoms with Gasteiger partial charge in [0.2, 0.25) is 0 Å². The van der Waals surface area contributed by atoms with Crippen molar-refractivity contribution in [1.82, 2.24) is 4.90 Å². The summed E-state index contributed by atoms with van der Waals surface area (Å²) in [6.45, 7) is 6.52. The third kappa shape index (κ3) is 6.75. The van der Waals surface area contributed by atoms with Crippen molar-refractivity contribution >= 4 is 11.8 Å². The number of hydrogen-bond acceptors (Lipinski definition) is 6. The highest BCUT2D eigenvalue weighted by atomic mass is 16.6. The van der Waals surface area contributed by atoms with Gasteiger partial charge in [-0.1, -0.05) is 18.2 Å². The van der Waals surface area contributed by atoms with Gasteiger partial charge in [-0.15, -0.1) is 0 Å². The van der Waals surface area contributed by atoms with Crippen molar-refractivity contribution in [3.63, 3.8) is 0 Å². The van der Waals surface area contributed by atoms with E-state index >= 15 is 0 Å². The van der Waals surface area contributed by atoms with Crippen LogP contribution in [0.15, 0.2) is 66.4 Å². The first kappa shape index (κ1) is 23.7. The second kappa shape index (κ2) is 10.6. The molecule has 1 aliphatic rings. The fraction of sp³-hybridized carbons (Fsp3) is 0.346. The monoisotopic (exact) mass is 444 g/mol. The standard InChI is InChI=1S/C26H28N4O3/c1-26(2,3)33-25(31)30-15-13-20(18-30)21(17-28)19-29(16-14-27)22-9-11-24(12-10-22)32-23-7-5-4-6-8-23/h4-12,19-20H,13,15-16,18H2,1-3H3/b21-19+. The van der Waals surface area contributed by atoms with Gasteiger partial charge in [0.15, 0.2) is 0 Å². The number of nitrogens with zero attached hydrogens (tertiary/aromatic N) is 4. The minimum atomic E-state index is -0.566. The molecule has 170 valence electrons. The summed E-state index contributed by atoms with van der Waals surface area (Å²) in [7, 11) is 0. The van der Waals surface area contributed by atoms with Crippen LogP contribution >= 0.6 is 0 Å². The molecule has 3 rings (SSSR count). The molecular weight excluding hydrogens is 416 g/mol. The maximum atomic E-state index is 12.4. The zero-order valence-electron chi connectivity index (χ0n) is 19.2. The summed E-state index contributed by atoms with van der Waals surface area (Å²) in [5.74, 6) is 1.31. The van der Waals surface area contributed by atoms with Gasteiger partial charge in [-0.05, 0) is 63.6 Å². The summed E-state index contributed by atoms with van der Waals surface area (Å²) in [5.41, 5.74) is 0.732. The molecule has 0 aromatic heterocycles. The number of ether oxygens (including phenoxy) is 2. The normalized spacial score (nSPS) is 16.0. The Hall–Kier alpha value is -3.97. The smallest absolute Gasteiger partial charge is 0.410 e. The Morgan fingerprint density at radius 2 is 1.79 bits per heavy atom. The number of rotatable bonds is 6. The van der Waals surface area contributed by atoms with Crippen LogP contribution in [0.2, 0.25) is 0 Å². The van der Waals surface area contributed by atoms with E-state index < -0.39 is 5.60 Å². The van der Waals surface area contributed by atoms with Gasteiger partial charge in [0.05, 0.1) is 17.7 Å². The number of carbonyl (C=O) groups excluding carboxylic acids is 1. The van der Waals surface area contributed by atoms with E-state index in [0.717, 1.165) is 11.4 Å². The Balaban J connectivity index is 1.72. The van der Waals surface area contributed by atoms with E-state index in [0.29, 0.717) is 30.8 Å². The number of hydrogen-bond donors (Lipinski definition) is 0. The van der Waals surface area contributed by atoms with Crippen LogP contribution in [-0.4, -0.2) is 36.2 Å². The fourth-order valence-electron chi connectivity index (χ4n) is 3.52. The SMILES string of the molecule is CC(C)(C)OC(=O)N1CCC(/C(C#N)=C/N(CC#N)c2ccc(Oc3ccccc3)cc2)C1. The summed E-state index contributed by atoms with van der Waals surface area (Å²) in [4.78, 5) is 15.7. The van der Waals surface area contributed by atoms with E-state index in [9.17, 15) is 15.3 Å². The van der Waals surface area contributed by atoms with Gasteiger partial charge in [-0.2, -0.15) is 10.5 Å². The van der Waals surface area contributed by atoms with Crippen LogP contribution in [0.3, 0.4) is 0 Å². The lowest BCUT2D eigenvalue weighted by Crippen LogP contribution is -2.35. The zero-order valence-corrected chi connectivity index (χ0v) is 19.2. The van der Waals surface area contributed by atoms with Crippen LogP contribution in [0.4, 0.5) is 10.5 Å². The molecule has 1 atom stereocenters. The molecule has 33 heavy (non-hydrogen) atoms. The first-order valence-corrected chi connectivity index (χ1v) is 10.9. The van der Waals surface area contributed by atoms with Crippen molar-refractivity contribution in [2.24, 2.45) is 5.92 Å². The molecule has 0 aliphatic carbocycles. The summed E-state index contributed by atoms with van der Waals surface area (Å²) in [5, 5.41) is 19.1. The molecule has 1 amide bonds. The van der Waals surface area contributed by atoms with E-state index in [4.69, 9.17) is 9.47 Å². The number of para-hydroxylation sites is 1. The lowest BCUT2D eigenvalue weighted by molar-refractivity contribution is 0.0290. The molecule has 1 unspecified atom stereocenters. The van der Waals surface area contributed by atoms with Gasteiger partial charge in [-0.3, -0.25) is 0 Å². The Morgan fingerprint density at radius 1 is 1.12 bits per heavy atom. The van der Waals surface area contributed by atoms with Gasteiger partial charge in [0.1, 0.15) is 23.6 Å². The molecule has 2 aromatic carbocycles. The van der Waals surface area contributed by atoms with E-state index in [1.165, 1.54) is 0 Å². The van der Waals surface area contributed by atoms with Crippen LogP contribution in [0.25, 0.3) is 0 Å². The van der Waals surface area contributed by atoms with Crippen molar-refractivity contribution in [3.05, 3.63) is 66.4 Å². The van der Waals surface area contributed by atoms with Gasteiger partial charge >= 0.3 is 6.09 Å². The topological polar surface area (TPSA) is 89.6 Å². The molecule has 1 heterocycles. The Bertz CT molecular complexity index is 1060. The van der Waals surface area contributed by atoms with Crippen molar-refractivity contribution in [1.29, 1.82) is 10.5 Å². The van der Waals surface area contributed by atoms with Crippen molar-refractivity contribution < 1.29 is 14.3 Å². The van der Waals surface area contributed by atoms with E-state index in [2.05, 4.69) is 12.1 Å². The van der Waals surface area contributed by atoms with Gasteiger partial charge in [0, 0.05) is 30.9 Å². The molecule has 0 saturated carbocycles. The van der Waals surface area contributed by atoms with Gasteiger partial charge in [-0.25, -0.2) is 4.79 Å². The first-order chi connectivity index (χ1) is 15.8. The lowest BCUT2D eigenvalue weighted by Gasteiger charge is -2.24. The number of nitriles is 2. The second-order valence-electron chi connectivity index (χ2n) is 8.80. The largest absolute Gasteiger partial charge is 0.457 e. The molecular formula is C26H28N4O3. The number of likely N-dealkylation sites (tertiary alicyclic amines) is 1. The van der Waals surface area contributed by atoms with Crippen LogP contribution in [0, 0.1) is 28.6 Å². The van der Waals surface area contributed by atoms with Crippen LogP contribution < -0.4 is 9.64 Å². The van der Waals surface area contributed by atoms with Gasteiger partial charge in [0.25, 0.3) is 0 Å². The zero-order chi connectivity index (χ0) is 23.8. The fourth-order valence-corrected chi connectivity index (χ4v) is 3.52. The lowest BCUT2D eigenvalue weighted by atomic mass is 10.00. The molecule has 1 saturated heterocycles. The molecule has 0 radical (unpaired) electrons. The van der Waals surface area contributed by atoms with Crippen molar-refractivity contribution in [2.75, 3.05) is 24.5 Å². The minimum Gasteiger partial charge on any atom is -0.457 e. The average molecular weight is 445 g/mol. The number of benzene rings is 2. The molecule has 1 aliphatic heterocycles. The third-order valence-corrected chi connectivity index (χ3v) is 5.09. The van der Waals surface area contributed by atoms with Gasteiger partial charge < -0.3 is 19.3 Å². The highest BCUT2D eigenvalue weighted by Crippen LogP contribution is 2.28. The highest BCUT2D eigenvalue weighted by molar-refractivity contribution is 5.68. The molecule has 0 N–H and O–H groups in total. The maximum absolute atomic E-state index is 12.4. The van der Waals surface area contributed by atoms with Crippen LogP contribution in [0.1, 0.15) is 27.2 Å². The highest BCUT2D eigenvalue weighted by Gasteiger charge is 2.32. The Labute approximate surface area is 195 Å². The van der Waals surface area contributed by atoms with Crippen molar-refractivity contribution in [2.45, 2.75) is 32.8 Å². The van der Waals surface area contributed by atoms with E-state index in [1.807, 2.05) is 75.4 Å². The van der Waals surface area contributed by atoms with Crippen molar-refractivity contribution in [3.8, 4) is 23.6 Å². The quantitative estimate of drug-likeness (QED) is 0.433. The summed E-state index contributed by atoms with van der Waals surface area (Å²) < 4.78 is 11.3. The van der Waals surface area contributed by atoms with Crippen LogP contribution in [0.5, 0.6) is 11.5 Å². The summed E-state index contributed by atoms with van der Waals surface area (Å²) >= 11 is 0. The molecule has 0 spiro atoms. The molecule has 0 bridgehead atoms. The third-order valence-electron chi connectivity index (χ3n) is 5.09. The first-order valence-electron chi connectivity index (χ1n) is 10.9. The maximum Gasteiger partial charge on any atom is 0.410 e. The molecule has 7 heteroatoms. The average Bonchev–Trinajstić information content (AvgIpc) is 3.27. The predicted octanol–water partition coefficient (Wildman–Crippen LogP) is 5.47. The van der Waals surface area contributed by atoms with E-state index in [-0.39, 0.29) is 18.6 Å². The second-order valence-corrected chi connectivity index (χ2v) is 8.80. The minimum absolute atomic E-state index is 0.0899. The number of amides is 1. The summed E-state index contributed by atoms with van der Waals surface area (Å²) in [6.07, 6.45) is 2.01. The Kier molecular flexibility index (Phi) is 7.58. The molecule has 7 nitrogen and oxygen atoms in total. The number of anilines is 1. The molecule has 1 fully saturated rings. The summed E-state index contributed by atoms with van der Waals surface area (Å²) in [6, 6.07) is 21.2. The van der Waals surface area contributed by atoms with Crippen LogP contribution in [-0.2, 0) is 4.74 Å².